The third kappa shape index (κ3) is 2.87. The molecule has 1 unspecified atom stereocenters. The number of anilines is 1. The Morgan fingerprint density at radius 1 is 1.21 bits per heavy atom. The average Bonchev–Trinajstić information content (AvgIpc) is 2.30. The van der Waals surface area contributed by atoms with Crippen molar-refractivity contribution in [2.75, 3.05) is 39.5 Å². The molecule has 1 aliphatic rings. The Kier molecular flexibility index (Phi) is 4.06. The number of hydrogen-bond acceptors (Lipinski definition) is 5. The molecular weight excluding hydrogens is 238 g/mol. The molecular formula is C14H25N5. The smallest absolute Gasteiger partial charge is 0.149 e. The normalized spacial score (nSPS) is 22.1. The minimum absolute atomic E-state index is 0.237. The van der Waals surface area contributed by atoms with E-state index in [9.17, 15) is 0 Å². The van der Waals surface area contributed by atoms with Crippen LogP contribution in [0.25, 0.3) is 0 Å². The highest BCUT2D eigenvalue weighted by Crippen LogP contribution is 2.27. The van der Waals surface area contributed by atoms with Crippen LogP contribution in [0.4, 0.5) is 5.82 Å². The van der Waals surface area contributed by atoms with E-state index in [1.807, 2.05) is 6.92 Å². The van der Waals surface area contributed by atoms with E-state index in [4.69, 9.17) is 10.7 Å². The monoisotopic (exact) mass is 263 g/mol. The first kappa shape index (κ1) is 14.2. The number of likely N-dealkylation sites (N-methyl/N-ethyl adjacent to an activating group) is 2. The maximum absolute atomic E-state index is 6.13. The Morgan fingerprint density at radius 2 is 1.89 bits per heavy atom. The number of aryl methyl sites for hydroxylation is 1. The minimum atomic E-state index is 0.237. The Labute approximate surface area is 115 Å². The summed E-state index contributed by atoms with van der Waals surface area (Å²) in [7, 11) is 4.27. The van der Waals surface area contributed by atoms with Crippen LogP contribution >= 0.6 is 0 Å². The fourth-order valence-corrected chi connectivity index (χ4v) is 2.78. The Bertz CT molecular complexity index is 434. The quantitative estimate of drug-likeness (QED) is 0.874. The molecule has 2 rings (SSSR count). The van der Waals surface area contributed by atoms with Crippen molar-refractivity contribution in [3.8, 4) is 0 Å². The van der Waals surface area contributed by atoms with Crippen LogP contribution in [0.5, 0.6) is 0 Å². The van der Waals surface area contributed by atoms with Crippen LogP contribution in [0.1, 0.15) is 42.9 Å². The molecule has 1 fully saturated rings. The summed E-state index contributed by atoms with van der Waals surface area (Å²) in [6, 6.07) is 0.237. The maximum Gasteiger partial charge on any atom is 0.149 e. The molecule has 1 saturated heterocycles. The molecule has 0 amide bonds. The largest absolute Gasteiger partial charge is 0.383 e. The Hall–Kier alpha value is -1.20. The highest BCUT2D eigenvalue weighted by Gasteiger charge is 2.27. The molecule has 2 heterocycles. The predicted octanol–water partition coefficient (Wildman–Crippen LogP) is 1.41. The van der Waals surface area contributed by atoms with E-state index in [0.29, 0.717) is 11.7 Å². The lowest BCUT2D eigenvalue weighted by molar-refractivity contribution is 0.109. The fraction of sp³-hybridized carbons (Fsp3) is 0.714. The van der Waals surface area contributed by atoms with Crippen molar-refractivity contribution < 1.29 is 0 Å². The van der Waals surface area contributed by atoms with Crippen LogP contribution in [-0.4, -0.2) is 53.5 Å². The van der Waals surface area contributed by atoms with Gasteiger partial charge in [-0.1, -0.05) is 13.8 Å². The van der Waals surface area contributed by atoms with Gasteiger partial charge in [-0.05, 0) is 26.9 Å². The Balaban J connectivity index is 2.35. The second-order valence-corrected chi connectivity index (χ2v) is 5.88. The van der Waals surface area contributed by atoms with Crippen LogP contribution < -0.4 is 5.73 Å². The second-order valence-electron chi connectivity index (χ2n) is 5.88. The number of piperazine rings is 1. The van der Waals surface area contributed by atoms with Gasteiger partial charge in [-0.25, -0.2) is 9.97 Å². The number of hydrogen-bond donors (Lipinski definition) is 1. The van der Waals surface area contributed by atoms with Crippen molar-refractivity contribution in [3.05, 3.63) is 17.1 Å². The van der Waals surface area contributed by atoms with Gasteiger partial charge in [0.25, 0.3) is 0 Å². The third-order valence-corrected chi connectivity index (χ3v) is 3.91. The maximum atomic E-state index is 6.13. The summed E-state index contributed by atoms with van der Waals surface area (Å²) in [6.07, 6.45) is 0. The van der Waals surface area contributed by atoms with Crippen molar-refractivity contribution in [2.24, 2.45) is 0 Å². The van der Waals surface area contributed by atoms with E-state index in [1.165, 1.54) is 0 Å². The second kappa shape index (κ2) is 5.43. The van der Waals surface area contributed by atoms with E-state index in [0.717, 1.165) is 36.7 Å². The van der Waals surface area contributed by atoms with Gasteiger partial charge < -0.3 is 10.6 Å². The summed E-state index contributed by atoms with van der Waals surface area (Å²) in [6.45, 7) is 9.37. The first-order chi connectivity index (χ1) is 8.90. The molecule has 0 aliphatic carbocycles. The SMILES string of the molecule is Cc1nc(C2CN(C)CCN2C)nc(N)c1C(C)C. The topological polar surface area (TPSA) is 58.3 Å². The zero-order valence-corrected chi connectivity index (χ0v) is 12.6. The molecule has 0 bridgehead atoms. The Morgan fingerprint density at radius 3 is 2.47 bits per heavy atom. The molecule has 1 aliphatic heterocycles. The zero-order valence-electron chi connectivity index (χ0n) is 12.6. The summed E-state index contributed by atoms with van der Waals surface area (Å²) in [4.78, 5) is 13.9. The summed E-state index contributed by atoms with van der Waals surface area (Å²) >= 11 is 0. The van der Waals surface area contributed by atoms with E-state index in [-0.39, 0.29) is 6.04 Å². The molecule has 106 valence electrons. The number of nitrogens with zero attached hydrogens (tertiary/aromatic N) is 4. The molecule has 0 radical (unpaired) electrons. The molecule has 0 aromatic carbocycles. The standard InChI is InChI=1S/C14H25N5/c1-9(2)12-10(3)16-14(17-13(12)15)11-8-18(4)6-7-19(11)5/h9,11H,6-8H2,1-5H3,(H2,15,16,17). The van der Waals surface area contributed by atoms with Crippen LogP contribution in [-0.2, 0) is 0 Å². The molecule has 1 aromatic rings. The summed E-state index contributed by atoms with van der Waals surface area (Å²) in [5.74, 6) is 1.85. The molecule has 0 saturated carbocycles. The molecule has 19 heavy (non-hydrogen) atoms. The van der Waals surface area contributed by atoms with Crippen LogP contribution in [0, 0.1) is 6.92 Å². The molecule has 5 nitrogen and oxygen atoms in total. The first-order valence-electron chi connectivity index (χ1n) is 6.92. The molecule has 2 N–H and O–H groups in total. The number of aromatic nitrogens is 2. The van der Waals surface area contributed by atoms with Gasteiger partial charge in [0.2, 0.25) is 0 Å². The molecule has 1 aromatic heterocycles. The van der Waals surface area contributed by atoms with Crippen LogP contribution in [0.3, 0.4) is 0 Å². The van der Waals surface area contributed by atoms with Crippen molar-refractivity contribution in [3.63, 3.8) is 0 Å². The molecule has 5 heteroatoms. The lowest BCUT2D eigenvalue weighted by Gasteiger charge is -2.37. The predicted molar refractivity (Wildman–Crippen MR) is 78.1 cm³/mol. The number of nitrogen functional groups attached to an aromatic ring is 1. The number of nitrogens with two attached hydrogens (primary N) is 1. The highest BCUT2D eigenvalue weighted by molar-refractivity contribution is 5.44. The van der Waals surface area contributed by atoms with E-state index in [1.54, 1.807) is 0 Å². The van der Waals surface area contributed by atoms with Gasteiger partial charge in [-0.2, -0.15) is 0 Å². The van der Waals surface area contributed by atoms with Gasteiger partial charge >= 0.3 is 0 Å². The van der Waals surface area contributed by atoms with Crippen LogP contribution in [0.15, 0.2) is 0 Å². The minimum Gasteiger partial charge on any atom is -0.383 e. The highest BCUT2D eigenvalue weighted by atomic mass is 15.3. The van der Waals surface area contributed by atoms with Crippen LogP contribution in [0.2, 0.25) is 0 Å². The van der Waals surface area contributed by atoms with Gasteiger partial charge in [-0.3, -0.25) is 4.90 Å². The molecule has 1 atom stereocenters. The number of rotatable bonds is 2. The molecule has 0 spiro atoms. The van der Waals surface area contributed by atoms with Crippen molar-refractivity contribution in [1.82, 2.24) is 19.8 Å². The first-order valence-corrected chi connectivity index (χ1v) is 6.92. The van der Waals surface area contributed by atoms with Crippen molar-refractivity contribution in [1.29, 1.82) is 0 Å². The fourth-order valence-electron chi connectivity index (χ4n) is 2.78. The van der Waals surface area contributed by atoms with E-state index in [2.05, 4.69) is 42.7 Å². The zero-order chi connectivity index (χ0) is 14.2. The lowest BCUT2D eigenvalue weighted by atomic mass is 10.0. The van der Waals surface area contributed by atoms with E-state index < -0.39 is 0 Å². The van der Waals surface area contributed by atoms with Gasteiger partial charge in [0.15, 0.2) is 0 Å². The van der Waals surface area contributed by atoms with Gasteiger partial charge in [0, 0.05) is 30.9 Å². The van der Waals surface area contributed by atoms with Gasteiger partial charge in [0.1, 0.15) is 11.6 Å². The van der Waals surface area contributed by atoms with Gasteiger partial charge in [-0.15, -0.1) is 0 Å². The van der Waals surface area contributed by atoms with Crippen molar-refractivity contribution >= 4 is 5.82 Å². The summed E-state index contributed by atoms with van der Waals surface area (Å²) < 4.78 is 0. The lowest BCUT2D eigenvalue weighted by Crippen LogP contribution is -2.45. The summed E-state index contributed by atoms with van der Waals surface area (Å²) in [5.41, 5.74) is 8.22. The van der Waals surface area contributed by atoms with E-state index >= 15 is 0 Å². The van der Waals surface area contributed by atoms with Crippen molar-refractivity contribution in [2.45, 2.75) is 32.7 Å². The van der Waals surface area contributed by atoms with Gasteiger partial charge in [0.05, 0.1) is 6.04 Å². The third-order valence-electron chi connectivity index (χ3n) is 3.91. The average molecular weight is 263 g/mol. The summed E-state index contributed by atoms with van der Waals surface area (Å²) in [5, 5.41) is 0.